The third-order valence-electron chi connectivity index (χ3n) is 3.95. The molecule has 2 aliphatic rings. The van der Waals surface area contributed by atoms with Crippen LogP contribution < -0.4 is 11.1 Å². The smallest absolute Gasteiger partial charge is 0.0922 e. The Kier molecular flexibility index (Phi) is 2.55. The lowest BCUT2D eigenvalue weighted by Crippen LogP contribution is -2.19. The maximum Gasteiger partial charge on any atom is 0.0922 e. The molecule has 17 heavy (non-hydrogen) atoms. The lowest BCUT2D eigenvalue weighted by atomic mass is 9.86. The number of halogens is 1. The van der Waals surface area contributed by atoms with Gasteiger partial charge < -0.3 is 11.1 Å². The van der Waals surface area contributed by atoms with Crippen LogP contribution in [0.1, 0.15) is 24.8 Å². The second-order valence-electron chi connectivity index (χ2n) is 5.25. The summed E-state index contributed by atoms with van der Waals surface area (Å²) in [5, 5.41) is 4.01. The summed E-state index contributed by atoms with van der Waals surface area (Å²) >= 11 is 5.94. The number of nitrogens with two attached hydrogens (primary N) is 1. The van der Waals surface area contributed by atoms with Crippen LogP contribution >= 0.6 is 11.6 Å². The Hall–Kier alpha value is -1.15. The zero-order valence-electron chi connectivity index (χ0n) is 9.75. The highest BCUT2D eigenvalue weighted by Gasteiger charge is 2.45. The van der Waals surface area contributed by atoms with Gasteiger partial charge in [-0.25, -0.2) is 0 Å². The molecule has 0 aromatic heterocycles. The lowest BCUT2D eigenvalue weighted by molar-refractivity contribution is 0.500. The van der Waals surface area contributed by atoms with Crippen molar-refractivity contribution in [1.82, 2.24) is 5.32 Å². The van der Waals surface area contributed by atoms with Gasteiger partial charge in [-0.2, -0.15) is 0 Å². The summed E-state index contributed by atoms with van der Waals surface area (Å²) in [6, 6.07) is 8.33. The van der Waals surface area contributed by atoms with E-state index in [1.165, 1.54) is 24.8 Å². The predicted molar refractivity (Wildman–Crippen MR) is 70.7 cm³/mol. The van der Waals surface area contributed by atoms with Crippen molar-refractivity contribution in [2.24, 2.45) is 11.7 Å². The van der Waals surface area contributed by atoms with Crippen LogP contribution in [-0.2, 0) is 5.41 Å². The van der Waals surface area contributed by atoms with Gasteiger partial charge in [0, 0.05) is 11.6 Å². The highest BCUT2D eigenvalue weighted by Crippen LogP contribution is 2.53. The summed E-state index contributed by atoms with van der Waals surface area (Å²) in [5.74, 6) is 1.41. The fraction of sp³-hybridized carbons (Fsp3) is 0.429. The first kappa shape index (κ1) is 11.0. The molecular weight excluding hydrogens is 232 g/mol. The second-order valence-corrected chi connectivity index (χ2v) is 5.69. The Morgan fingerprint density at radius 3 is 2.53 bits per heavy atom. The van der Waals surface area contributed by atoms with Gasteiger partial charge in [0.2, 0.25) is 0 Å². The molecule has 1 aliphatic heterocycles. The van der Waals surface area contributed by atoms with Crippen molar-refractivity contribution in [2.45, 2.75) is 24.7 Å². The summed E-state index contributed by atoms with van der Waals surface area (Å²) in [6.45, 7) is 0.987. The first-order chi connectivity index (χ1) is 8.18. The van der Waals surface area contributed by atoms with Crippen LogP contribution in [0, 0.1) is 5.92 Å². The maximum atomic E-state index is 5.94. The zero-order valence-corrected chi connectivity index (χ0v) is 10.5. The molecule has 0 amide bonds. The summed E-state index contributed by atoms with van der Waals surface area (Å²) < 4.78 is 0. The van der Waals surface area contributed by atoms with Crippen LogP contribution in [0.4, 0.5) is 0 Å². The zero-order chi connectivity index (χ0) is 11.9. The maximum absolute atomic E-state index is 5.94. The molecule has 3 N–H and O–H groups in total. The van der Waals surface area contributed by atoms with E-state index in [2.05, 4.69) is 23.5 Å². The molecule has 0 bridgehead atoms. The molecule has 1 aromatic rings. The summed E-state index contributed by atoms with van der Waals surface area (Å²) in [4.78, 5) is 0. The number of nitrogens with one attached hydrogen (secondary N) is 1. The molecule has 0 unspecified atom stereocenters. The molecule has 1 fully saturated rings. The van der Waals surface area contributed by atoms with Crippen molar-refractivity contribution in [3.63, 3.8) is 0 Å². The SMILES string of the molecule is NC1=C[C@H](CC2(c3ccc(Cl)cc3)CC2)CN1. The second kappa shape index (κ2) is 3.95. The topological polar surface area (TPSA) is 38.0 Å². The van der Waals surface area contributed by atoms with Gasteiger partial charge in [-0.1, -0.05) is 23.7 Å². The number of benzene rings is 1. The average Bonchev–Trinajstić information content (AvgIpc) is 2.97. The molecule has 3 heteroatoms. The standard InChI is InChI=1S/C14H17ClN2/c15-12-3-1-11(2-4-12)14(5-6-14)8-10-7-13(16)17-9-10/h1-4,7,10,17H,5-6,8-9,16H2/t10-/m1/s1. The summed E-state index contributed by atoms with van der Waals surface area (Å²) in [7, 11) is 0. The van der Waals surface area contributed by atoms with E-state index in [0.717, 1.165) is 17.4 Å². The first-order valence-electron chi connectivity index (χ1n) is 6.15. The van der Waals surface area contributed by atoms with Gasteiger partial charge in [0.1, 0.15) is 0 Å². The Labute approximate surface area is 107 Å². The fourth-order valence-electron chi connectivity index (χ4n) is 2.82. The van der Waals surface area contributed by atoms with E-state index in [-0.39, 0.29) is 0 Å². The minimum atomic E-state index is 0.387. The fourth-order valence-corrected chi connectivity index (χ4v) is 2.94. The van der Waals surface area contributed by atoms with E-state index in [4.69, 9.17) is 17.3 Å². The number of hydrogen-bond acceptors (Lipinski definition) is 2. The van der Waals surface area contributed by atoms with Gasteiger partial charge >= 0.3 is 0 Å². The largest absolute Gasteiger partial charge is 0.386 e. The summed E-state index contributed by atoms with van der Waals surface area (Å²) in [6.07, 6.45) is 5.94. The van der Waals surface area contributed by atoms with Crippen molar-refractivity contribution >= 4 is 11.6 Å². The number of rotatable bonds is 3. The minimum absolute atomic E-state index is 0.387. The molecule has 90 valence electrons. The van der Waals surface area contributed by atoms with Crippen LogP contribution in [0.2, 0.25) is 5.02 Å². The van der Waals surface area contributed by atoms with Crippen molar-refractivity contribution in [3.05, 3.63) is 46.7 Å². The third kappa shape index (κ3) is 2.14. The van der Waals surface area contributed by atoms with Gasteiger partial charge in [-0.3, -0.25) is 0 Å². The Balaban J connectivity index is 1.76. The lowest BCUT2D eigenvalue weighted by Gasteiger charge is -2.18. The summed E-state index contributed by atoms with van der Waals surface area (Å²) in [5.41, 5.74) is 7.57. The average molecular weight is 249 g/mol. The van der Waals surface area contributed by atoms with Crippen molar-refractivity contribution < 1.29 is 0 Å². The van der Waals surface area contributed by atoms with E-state index in [9.17, 15) is 0 Å². The van der Waals surface area contributed by atoms with Gasteiger partial charge in [-0.15, -0.1) is 0 Å². The number of hydrogen-bond donors (Lipinski definition) is 2. The quantitative estimate of drug-likeness (QED) is 0.863. The monoisotopic (exact) mass is 248 g/mol. The van der Waals surface area contributed by atoms with Crippen molar-refractivity contribution in [1.29, 1.82) is 0 Å². The molecule has 1 aliphatic carbocycles. The molecule has 2 nitrogen and oxygen atoms in total. The minimum Gasteiger partial charge on any atom is -0.386 e. The molecule has 1 heterocycles. The predicted octanol–water partition coefficient (Wildman–Crippen LogP) is 2.78. The Bertz CT molecular complexity index is 446. The van der Waals surface area contributed by atoms with Gasteiger partial charge in [0.25, 0.3) is 0 Å². The first-order valence-corrected chi connectivity index (χ1v) is 6.53. The molecule has 0 radical (unpaired) electrons. The molecule has 3 rings (SSSR count). The molecule has 1 aromatic carbocycles. The molecule has 1 saturated carbocycles. The third-order valence-corrected chi connectivity index (χ3v) is 4.20. The van der Waals surface area contributed by atoms with Gasteiger partial charge in [0.05, 0.1) is 5.82 Å². The van der Waals surface area contributed by atoms with Crippen LogP contribution in [-0.4, -0.2) is 6.54 Å². The highest BCUT2D eigenvalue weighted by atomic mass is 35.5. The van der Waals surface area contributed by atoms with Gasteiger partial charge in [0.15, 0.2) is 0 Å². The highest BCUT2D eigenvalue weighted by molar-refractivity contribution is 6.30. The van der Waals surface area contributed by atoms with Crippen molar-refractivity contribution in [3.8, 4) is 0 Å². The van der Waals surface area contributed by atoms with Crippen LogP contribution in [0.15, 0.2) is 36.2 Å². The van der Waals surface area contributed by atoms with Crippen LogP contribution in [0.3, 0.4) is 0 Å². The van der Waals surface area contributed by atoms with Crippen LogP contribution in [0.5, 0.6) is 0 Å². The van der Waals surface area contributed by atoms with E-state index in [0.29, 0.717) is 11.3 Å². The van der Waals surface area contributed by atoms with E-state index < -0.39 is 0 Å². The molecule has 0 spiro atoms. The molecule has 0 saturated heterocycles. The Morgan fingerprint density at radius 2 is 2.00 bits per heavy atom. The van der Waals surface area contributed by atoms with E-state index in [1.807, 2.05) is 12.1 Å². The molecular formula is C14H17ClN2. The van der Waals surface area contributed by atoms with E-state index in [1.54, 1.807) is 0 Å². The normalized spacial score (nSPS) is 25.2. The molecule has 1 atom stereocenters. The Morgan fingerprint density at radius 1 is 1.29 bits per heavy atom. The van der Waals surface area contributed by atoms with Crippen molar-refractivity contribution in [2.75, 3.05) is 6.54 Å². The van der Waals surface area contributed by atoms with Gasteiger partial charge in [-0.05, 0) is 54.4 Å². The van der Waals surface area contributed by atoms with E-state index >= 15 is 0 Å². The van der Waals surface area contributed by atoms with Crippen LogP contribution in [0.25, 0.3) is 0 Å².